The first kappa shape index (κ1) is 18.3. The Morgan fingerprint density at radius 2 is 2.26 bits per heavy atom. The molecule has 0 aromatic carbocycles. The molecule has 128 valence electrons. The Balaban J connectivity index is 2.04. The third-order valence-corrected chi connectivity index (χ3v) is 6.01. The van der Waals surface area contributed by atoms with Crippen molar-refractivity contribution in [3.05, 3.63) is 21.7 Å². The molecule has 0 aromatic rings. The molecule has 1 heterocycles. The zero-order valence-corrected chi connectivity index (χ0v) is 15.8. The molecular weight excluding hydrogens is 408 g/mol. The lowest BCUT2D eigenvalue weighted by Gasteiger charge is -2.31. The molecule has 23 heavy (non-hydrogen) atoms. The Bertz CT molecular complexity index is 704. The predicted octanol–water partition coefficient (Wildman–Crippen LogP) is 2.26. The number of sulfonamides is 1. The summed E-state index contributed by atoms with van der Waals surface area (Å²) in [4.78, 5) is 16.3. The second-order valence-corrected chi connectivity index (χ2v) is 8.85. The van der Waals surface area contributed by atoms with Crippen molar-refractivity contribution in [3.63, 3.8) is 0 Å². The summed E-state index contributed by atoms with van der Waals surface area (Å²) in [6.45, 7) is 3.32. The van der Waals surface area contributed by atoms with Crippen molar-refractivity contribution in [2.75, 3.05) is 0 Å². The highest BCUT2D eigenvalue weighted by molar-refractivity contribution is 9.09. The number of alkyl halides is 1. The number of halogens is 2. The van der Waals surface area contributed by atoms with Crippen molar-refractivity contribution in [2.24, 2.45) is 4.99 Å². The summed E-state index contributed by atoms with van der Waals surface area (Å²) in [7, 11) is -3.87. The van der Waals surface area contributed by atoms with Crippen molar-refractivity contribution in [2.45, 2.75) is 43.7 Å². The van der Waals surface area contributed by atoms with Gasteiger partial charge in [0.1, 0.15) is 0 Å². The number of hydrogen-bond acceptors (Lipinski definition) is 5. The molecule has 0 fully saturated rings. The number of nitrogens with zero attached hydrogens (tertiary/aromatic N) is 1. The van der Waals surface area contributed by atoms with Gasteiger partial charge in [-0.05, 0) is 33.1 Å². The summed E-state index contributed by atoms with van der Waals surface area (Å²) in [5.74, 6) is -1.17. The van der Waals surface area contributed by atoms with E-state index in [0.717, 1.165) is 12.8 Å². The van der Waals surface area contributed by atoms with Crippen molar-refractivity contribution < 1.29 is 13.2 Å². The second kappa shape index (κ2) is 6.82. The third-order valence-electron chi connectivity index (χ3n) is 3.42. The fourth-order valence-corrected chi connectivity index (χ4v) is 4.40. The van der Waals surface area contributed by atoms with Gasteiger partial charge in [0.15, 0.2) is 0 Å². The smallest absolute Gasteiger partial charge is 0.331 e. The molecule has 0 saturated heterocycles. The highest BCUT2D eigenvalue weighted by Gasteiger charge is 2.31. The first-order chi connectivity index (χ1) is 10.6. The summed E-state index contributed by atoms with van der Waals surface area (Å²) in [6, 6.07) is -0.861. The normalized spacial score (nSPS) is 28.0. The van der Waals surface area contributed by atoms with Crippen molar-refractivity contribution in [1.82, 2.24) is 15.4 Å². The zero-order chi connectivity index (χ0) is 17.3. The highest BCUT2D eigenvalue weighted by atomic mass is 79.9. The van der Waals surface area contributed by atoms with E-state index in [2.05, 4.69) is 31.6 Å². The van der Waals surface area contributed by atoms with E-state index in [1.54, 1.807) is 19.9 Å². The fraction of sp³-hybridized carbons (Fsp3) is 0.538. The van der Waals surface area contributed by atoms with Crippen LogP contribution in [0.5, 0.6) is 0 Å². The standard InChI is InChI=1S/C13H18BrClN4O3S/c1-8-11(15)7-16-13(2,17-8)18-12(20)19-23(21,22)10-5-3-4-9(14)6-10/h6-7,9,17H,3-5H2,1-2H3,(H2,18,19,20). The van der Waals surface area contributed by atoms with Crippen molar-refractivity contribution in [3.8, 4) is 0 Å². The first-order valence-corrected chi connectivity index (χ1v) is 9.78. The number of allylic oxidation sites excluding steroid dienone is 4. The van der Waals surface area contributed by atoms with E-state index >= 15 is 0 Å². The van der Waals surface area contributed by atoms with Crippen LogP contribution in [0.1, 0.15) is 33.1 Å². The summed E-state index contributed by atoms with van der Waals surface area (Å²) < 4.78 is 26.5. The first-order valence-electron chi connectivity index (χ1n) is 7.01. The van der Waals surface area contributed by atoms with Gasteiger partial charge in [0.2, 0.25) is 5.79 Å². The summed E-state index contributed by atoms with van der Waals surface area (Å²) in [5.41, 5.74) is 0.629. The van der Waals surface area contributed by atoms with Gasteiger partial charge in [0, 0.05) is 16.7 Å². The fourth-order valence-electron chi connectivity index (χ4n) is 2.30. The quantitative estimate of drug-likeness (QED) is 0.604. The van der Waals surface area contributed by atoms with Gasteiger partial charge >= 0.3 is 6.03 Å². The number of hydrogen-bond donors (Lipinski definition) is 3. The van der Waals surface area contributed by atoms with E-state index in [0.29, 0.717) is 17.2 Å². The van der Waals surface area contributed by atoms with Crippen LogP contribution < -0.4 is 15.4 Å². The molecule has 2 unspecified atom stereocenters. The van der Waals surface area contributed by atoms with Gasteiger partial charge in [0.25, 0.3) is 10.0 Å². The van der Waals surface area contributed by atoms with Crippen LogP contribution in [0, 0.1) is 0 Å². The molecule has 2 aliphatic rings. The SMILES string of the molecule is CC1=C(Cl)C=NC(C)(NC(=O)NS(=O)(=O)C2=CC(Br)CCC2)N1. The number of nitrogens with one attached hydrogen (secondary N) is 3. The molecule has 1 aliphatic carbocycles. The van der Waals surface area contributed by atoms with E-state index < -0.39 is 21.8 Å². The van der Waals surface area contributed by atoms with Gasteiger partial charge in [0.05, 0.1) is 9.94 Å². The number of amides is 2. The molecule has 2 atom stereocenters. The Morgan fingerprint density at radius 1 is 1.57 bits per heavy atom. The Kier molecular flexibility index (Phi) is 5.42. The van der Waals surface area contributed by atoms with Crippen molar-refractivity contribution >= 4 is 49.8 Å². The minimum atomic E-state index is -3.87. The summed E-state index contributed by atoms with van der Waals surface area (Å²) in [5, 5.41) is 5.81. The third kappa shape index (κ3) is 4.71. The molecule has 2 amide bonds. The van der Waals surface area contributed by atoms with Gasteiger partial charge in [-0.3, -0.25) is 5.32 Å². The monoisotopic (exact) mass is 424 g/mol. The van der Waals surface area contributed by atoms with Gasteiger partial charge < -0.3 is 5.32 Å². The van der Waals surface area contributed by atoms with E-state index in [1.165, 1.54) is 6.21 Å². The van der Waals surface area contributed by atoms with Crippen LogP contribution in [0.2, 0.25) is 0 Å². The molecule has 0 bridgehead atoms. The molecule has 0 aromatic heterocycles. The van der Waals surface area contributed by atoms with Crippen LogP contribution in [0.3, 0.4) is 0 Å². The largest absolute Gasteiger partial charge is 0.347 e. The van der Waals surface area contributed by atoms with Crippen LogP contribution in [-0.4, -0.2) is 31.3 Å². The van der Waals surface area contributed by atoms with E-state index in [-0.39, 0.29) is 9.73 Å². The van der Waals surface area contributed by atoms with Gasteiger partial charge in [-0.15, -0.1) is 0 Å². The molecular formula is C13H18BrClN4O3S. The Labute approximate surface area is 148 Å². The topological polar surface area (TPSA) is 99.7 Å². The van der Waals surface area contributed by atoms with Gasteiger partial charge in [-0.1, -0.05) is 33.6 Å². The minimum absolute atomic E-state index is 0.00273. The number of carbonyl (C=O) groups is 1. The molecule has 0 saturated carbocycles. The molecule has 0 radical (unpaired) electrons. The maximum Gasteiger partial charge on any atom is 0.331 e. The maximum absolute atomic E-state index is 12.3. The van der Waals surface area contributed by atoms with Gasteiger partial charge in [-0.2, -0.15) is 0 Å². The maximum atomic E-state index is 12.3. The molecule has 3 N–H and O–H groups in total. The van der Waals surface area contributed by atoms with Crippen LogP contribution in [0.4, 0.5) is 4.79 Å². The number of aliphatic imine (C=N–C) groups is 1. The molecule has 10 heteroatoms. The van der Waals surface area contributed by atoms with E-state index in [9.17, 15) is 13.2 Å². The average Bonchev–Trinajstić information content (AvgIpc) is 2.42. The molecule has 2 rings (SSSR count). The van der Waals surface area contributed by atoms with Crippen LogP contribution in [0.25, 0.3) is 0 Å². The van der Waals surface area contributed by atoms with Crippen molar-refractivity contribution in [1.29, 1.82) is 0 Å². The molecule has 1 aliphatic heterocycles. The summed E-state index contributed by atoms with van der Waals surface area (Å²) >= 11 is 9.26. The van der Waals surface area contributed by atoms with E-state index in [4.69, 9.17) is 11.6 Å². The van der Waals surface area contributed by atoms with Crippen LogP contribution in [-0.2, 0) is 10.0 Å². The van der Waals surface area contributed by atoms with Crippen LogP contribution >= 0.6 is 27.5 Å². The van der Waals surface area contributed by atoms with E-state index in [1.807, 2.05) is 4.72 Å². The lowest BCUT2D eigenvalue weighted by atomic mass is 10.1. The number of rotatable bonds is 3. The second-order valence-electron chi connectivity index (χ2n) is 5.53. The van der Waals surface area contributed by atoms with Crippen LogP contribution in [0.15, 0.2) is 26.7 Å². The molecule has 7 nitrogen and oxygen atoms in total. The van der Waals surface area contributed by atoms with Gasteiger partial charge in [-0.25, -0.2) is 22.9 Å². The summed E-state index contributed by atoms with van der Waals surface area (Å²) in [6.07, 6.45) is 5.05. The lowest BCUT2D eigenvalue weighted by molar-refractivity contribution is 0.228. The number of carbonyl (C=O) groups excluding carboxylic acids is 1. The zero-order valence-electron chi connectivity index (χ0n) is 12.7. The average molecular weight is 426 g/mol. The molecule has 0 spiro atoms. The highest BCUT2D eigenvalue weighted by Crippen LogP contribution is 2.26. The minimum Gasteiger partial charge on any atom is -0.347 e. The predicted molar refractivity (Wildman–Crippen MR) is 93.8 cm³/mol. The Morgan fingerprint density at radius 3 is 2.87 bits per heavy atom. The lowest BCUT2D eigenvalue weighted by Crippen LogP contribution is -2.59. The Hall–Kier alpha value is -1.06. The number of urea groups is 1.